The molecule has 10 nitrogen and oxygen atoms in total. The molecule has 1 fully saturated rings. The Morgan fingerprint density at radius 3 is 2.65 bits per heavy atom. The minimum Gasteiger partial charge on any atom is -0.444 e. The molecule has 1 saturated heterocycles. The van der Waals surface area contributed by atoms with Crippen LogP contribution in [0.25, 0.3) is 16.6 Å². The molecule has 244 valence electrons. The van der Waals surface area contributed by atoms with Gasteiger partial charge in [0, 0.05) is 47.7 Å². The number of fused-ring (bicyclic) bond motifs is 1. The predicted octanol–water partition coefficient (Wildman–Crippen LogP) is 7.85. The van der Waals surface area contributed by atoms with Gasteiger partial charge in [-0.15, -0.1) is 0 Å². The van der Waals surface area contributed by atoms with Crippen LogP contribution in [0.15, 0.2) is 52.9 Å². The number of nitriles is 1. The van der Waals surface area contributed by atoms with Gasteiger partial charge in [0.15, 0.2) is 14.1 Å². The van der Waals surface area contributed by atoms with Crippen LogP contribution in [0, 0.1) is 17.1 Å². The number of carbonyl (C=O) groups is 1. The predicted molar refractivity (Wildman–Crippen MR) is 178 cm³/mol. The molecule has 4 aromatic rings. The van der Waals surface area contributed by atoms with Crippen molar-refractivity contribution in [1.82, 2.24) is 29.3 Å². The number of amides is 1. The Balaban J connectivity index is 1.57. The number of carbonyl (C=O) groups excluding carboxylic acids is 1. The fourth-order valence-electron chi connectivity index (χ4n) is 5.03. The number of rotatable bonds is 7. The number of aromatic nitrogens is 5. The van der Waals surface area contributed by atoms with Crippen molar-refractivity contribution in [1.29, 1.82) is 5.26 Å². The lowest BCUT2D eigenvalue weighted by Gasteiger charge is -2.36. The number of piperidine rings is 1. The van der Waals surface area contributed by atoms with Crippen LogP contribution in [0.4, 0.5) is 9.18 Å². The van der Waals surface area contributed by atoms with Crippen LogP contribution >= 0.6 is 11.8 Å². The molecule has 1 amide bonds. The van der Waals surface area contributed by atoms with Gasteiger partial charge in [-0.05, 0) is 69.9 Å². The Morgan fingerprint density at radius 1 is 1.22 bits per heavy atom. The van der Waals surface area contributed by atoms with Crippen LogP contribution in [-0.4, -0.2) is 62.4 Å². The summed E-state index contributed by atoms with van der Waals surface area (Å²) in [6.45, 7) is 18.0. The second kappa shape index (κ2) is 12.8. The van der Waals surface area contributed by atoms with Gasteiger partial charge in [0.1, 0.15) is 16.7 Å². The number of halogens is 1. The highest BCUT2D eigenvalue weighted by Crippen LogP contribution is 2.40. The number of likely N-dealkylation sites (tertiary alicyclic amines) is 1. The van der Waals surface area contributed by atoms with Crippen molar-refractivity contribution >= 4 is 31.7 Å². The van der Waals surface area contributed by atoms with Gasteiger partial charge in [-0.3, -0.25) is 4.68 Å². The topological polar surface area (TPSA) is 111 Å². The first-order valence-corrected chi connectivity index (χ1v) is 19.2. The minimum atomic E-state index is -2.13. The second-order valence-electron chi connectivity index (χ2n) is 14.2. The summed E-state index contributed by atoms with van der Waals surface area (Å²) in [4.78, 5) is 19.6. The zero-order valence-corrected chi connectivity index (χ0v) is 29.6. The van der Waals surface area contributed by atoms with Crippen LogP contribution in [0.3, 0.4) is 0 Å². The van der Waals surface area contributed by atoms with Gasteiger partial charge in [-0.25, -0.2) is 18.7 Å². The zero-order valence-electron chi connectivity index (χ0n) is 27.8. The largest absolute Gasteiger partial charge is 0.444 e. The molecular formula is C33H42FN7O3SSi. The molecule has 46 heavy (non-hydrogen) atoms. The van der Waals surface area contributed by atoms with Gasteiger partial charge in [0.05, 0.1) is 35.6 Å². The Kier molecular flexibility index (Phi) is 9.37. The number of ether oxygens (including phenoxy) is 1. The molecule has 0 saturated carbocycles. The van der Waals surface area contributed by atoms with E-state index in [4.69, 9.17) is 14.3 Å². The molecular weight excluding hydrogens is 622 g/mol. The van der Waals surface area contributed by atoms with E-state index in [2.05, 4.69) is 50.0 Å². The fourth-order valence-corrected chi connectivity index (χ4v) is 6.94. The maximum Gasteiger partial charge on any atom is 0.410 e. The molecule has 1 atom stereocenters. The molecule has 0 bridgehead atoms. The third-order valence-corrected chi connectivity index (χ3v) is 14.0. The van der Waals surface area contributed by atoms with Gasteiger partial charge in [-0.2, -0.15) is 15.5 Å². The maximum absolute atomic E-state index is 14.7. The molecule has 0 radical (unpaired) electrons. The van der Waals surface area contributed by atoms with Crippen molar-refractivity contribution in [3.05, 3.63) is 60.1 Å². The standard InChI is InChI=1S/C33H42FN7O3SSi/c1-32(2,3)44-31(42)39-14-10-11-24(19-39)40-20-25(27(38-40)21-43-46(7,8)33(4,5)6)22-15-28(45-30-26(34)12-9-13-36-30)29-23(16-35)17-37-41(29)18-22/h9,12-13,15,17-18,20,24H,10-11,14,19,21H2,1-8H3/t24-/m0/s1. The lowest BCUT2D eigenvalue weighted by Crippen LogP contribution is -2.43. The lowest BCUT2D eigenvalue weighted by atomic mass is 10.1. The Morgan fingerprint density at radius 2 is 1.98 bits per heavy atom. The molecule has 5 heterocycles. The lowest BCUT2D eigenvalue weighted by molar-refractivity contribution is 0.0167. The highest BCUT2D eigenvalue weighted by molar-refractivity contribution is 7.99. The summed E-state index contributed by atoms with van der Waals surface area (Å²) in [7, 11) is -2.13. The van der Waals surface area contributed by atoms with Gasteiger partial charge in [0.2, 0.25) is 0 Å². The molecule has 13 heteroatoms. The summed E-state index contributed by atoms with van der Waals surface area (Å²) in [6.07, 6.45) is 8.26. The van der Waals surface area contributed by atoms with E-state index in [1.54, 1.807) is 21.7 Å². The summed E-state index contributed by atoms with van der Waals surface area (Å²) in [5, 5.41) is 19.6. The van der Waals surface area contributed by atoms with Crippen molar-refractivity contribution in [2.24, 2.45) is 0 Å². The SMILES string of the molecule is CC(C)(C)OC(=O)N1CCC[C@H](n2cc(-c3cc(Sc4ncccc4F)c4c(C#N)cnn4c3)c(CO[Si](C)(C)C(C)(C)C)n2)C1. The van der Waals surface area contributed by atoms with Crippen molar-refractivity contribution in [2.75, 3.05) is 13.1 Å². The minimum absolute atomic E-state index is 0.00521. The van der Waals surface area contributed by atoms with E-state index >= 15 is 0 Å². The summed E-state index contributed by atoms with van der Waals surface area (Å²) >= 11 is 1.15. The first-order valence-electron chi connectivity index (χ1n) is 15.5. The van der Waals surface area contributed by atoms with Crippen molar-refractivity contribution in [2.45, 2.75) is 101 Å². The summed E-state index contributed by atoms with van der Waals surface area (Å²) < 4.78 is 30.6. The molecule has 4 aromatic heterocycles. The zero-order chi connectivity index (χ0) is 33.4. The molecule has 1 aliphatic rings. The molecule has 0 unspecified atom stereocenters. The van der Waals surface area contributed by atoms with E-state index in [-0.39, 0.29) is 22.2 Å². The van der Waals surface area contributed by atoms with Gasteiger partial charge in [-0.1, -0.05) is 32.5 Å². The van der Waals surface area contributed by atoms with E-state index in [1.165, 1.54) is 12.3 Å². The number of hydrogen-bond acceptors (Lipinski definition) is 8. The summed E-state index contributed by atoms with van der Waals surface area (Å²) in [5.74, 6) is -0.447. The molecule has 0 aliphatic carbocycles. The molecule has 0 aromatic carbocycles. The van der Waals surface area contributed by atoms with Crippen LogP contribution in [-0.2, 0) is 15.8 Å². The van der Waals surface area contributed by atoms with E-state index in [0.717, 1.165) is 41.4 Å². The van der Waals surface area contributed by atoms with E-state index in [9.17, 15) is 14.4 Å². The third-order valence-electron chi connectivity index (χ3n) is 8.55. The number of nitrogens with zero attached hydrogens (tertiary/aromatic N) is 7. The summed E-state index contributed by atoms with van der Waals surface area (Å²) in [5.41, 5.74) is 2.76. The normalized spacial score (nSPS) is 16.1. The quantitative estimate of drug-likeness (QED) is 0.184. The van der Waals surface area contributed by atoms with Crippen LogP contribution in [0.1, 0.15) is 71.7 Å². The second-order valence-corrected chi connectivity index (χ2v) is 20.0. The van der Waals surface area contributed by atoms with Crippen molar-refractivity contribution in [3.8, 4) is 17.2 Å². The Hall–Kier alpha value is -3.73. The first kappa shape index (κ1) is 33.6. The third kappa shape index (κ3) is 7.29. The molecule has 1 aliphatic heterocycles. The highest BCUT2D eigenvalue weighted by Gasteiger charge is 2.38. The average Bonchev–Trinajstić information content (AvgIpc) is 3.60. The average molecular weight is 664 g/mol. The molecule has 0 spiro atoms. The first-order chi connectivity index (χ1) is 21.6. The highest BCUT2D eigenvalue weighted by atomic mass is 32.2. The van der Waals surface area contributed by atoms with Crippen LogP contribution in [0.2, 0.25) is 18.1 Å². The maximum atomic E-state index is 14.7. The van der Waals surface area contributed by atoms with Crippen LogP contribution in [0.5, 0.6) is 0 Å². The van der Waals surface area contributed by atoms with Crippen molar-refractivity contribution < 1.29 is 18.3 Å². The van der Waals surface area contributed by atoms with E-state index < -0.39 is 19.7 Å². The molecule has 5 rings (SSSR count). The summed E-state index contributed by atoms with van der Waals surface area (Å²) in [6, 6.07) is 6.98. The molecule has 0 N–H and O–H groups in total. The van der Waals surface area contributed by atoms with Crippen molar-refractivity contribution in [3.63, 3.8) is 0 Å². The van der Waals surface area contributed by atoms with Crippen LogP contribution < -0.4 is 0 Å². The van der Waals surface area contributed by atoms with E-state index in [0.29, 0.717) is 35.7 Å². The van der Waals surface area contributed by atoms with Gasteiger partial charge >= 0.3 is 6.09 Å². The van der Waals surface area contributed by atoms with E-state index in [1.807, 2.05) is 43.9 Å². The smallest absolute Gasteiger partial charge is 0.410 e. The van der Waals surface area contributed by atoms with Gasteiger partial charge in [0.25, 0.3) is 0 Å². The Labute approximate surface area is 275 Å². The Bertz CT molecular complexity index is 1780. The van der Waals surface area contributed by atoms with Gasteiger partial charge < -0.3 is 14.1 Å². The monoisotopic (exact) mass is 663 g/mol. The number of pyridine rings is 2. The fraction of sp³-hybridized carbons (Fsp3) is 0.485. The number of hydrogen-bond donors (Lipinski definition) is 0.